The molecule has 2 heterocycles. The number of aryl methyl sites for hydroxylation is 1. The molecule has 0 saturated heterocycles. The van der Waals surface area contributed by atoms with E-state index in [9.17, 15) is 0 Å². The van der Waals surface area contributed by atoms with Gasteiger partial charge >= 0.3 is 0 Å². The van der Waals surface area contributed by atoms with Crippen molar-refractivity contribution in [2.24, 2.45) is 0 Å². The van der Waals surface area contributed by atoms with Crippen LogP contribution < -0.4 is 10.6 Å². The van der Waals surface area contributed by atoms with Crippen molar-refractivity contribution in [2.45, 2.75) is 13.5 Å². The summed E-state index contributed by atoms with van der Waals surface area (Å²) in [4.78, 5) is 4.37. The molecular formula is C15H14BrN5O. The first-order valence-corrected chi connectivity index (χ1v) is 7.49. The number of hydrogen-bond donors (Lipinski definition) is 2. The molecule has 112 valence electrons. The number of benzene rings is 1. The van der Waals surface area contributed by atoms with Gasteiger partial charge in [-0.1, -0.05) is 22.0 Å². The molecule has 2 aromatic heterocycles. The van der Waals surface area contributed by atoms with E-state index in [0.717, 1.165) is 15.9 Å². The first kappa shape index (κ1) is 14.5. The van der Waals surface area contributed by atoms with Gasteiger partial charge in [0.1, 0.15) is 5.76 Å². The minimum atomic E-state index is 0.438. The number of halogens is 1. The number of hydrogen-bond acceptors (Lipinski definition) is 6. The van der Waals surface area contributed by atoms with Crippen LogP contribution in [-0.2, 0) is 6.54 Å². The number of rotatable bonds is 5. The molecule has 7 heteroatoms. The summed E-state index contributed by atoms with van der Waals surface area (Å²) in [7, 11) is 0. The van der Waals surface area contributed by atoms with Crippen molar-refractivity contribution in [1.82, 2.24) is 15.2 Å². The van der Waals surface area contributed by atoms with Crippen LogP contribution in [0.1, 0.15) is 11.3 Å². The van der Waals surface area contributed by atoms with Crippen molar-refractivity contribution in [3.63, 3.8) is 0 Å². The molecular weight excluding hydrogens is 346 g/mol. The Morgan fingerprint density at radius 1 is 1.27 bits per heavy atom. The van der Waals surface area contributed by atoms with E-state index in [4.69, 9.17) is 4.42 Å². The molecule has 3 aromatic rings. The molecule has 0 aliphatic carbocycles. The van der Waals surface area contributed by atoms with E-state index in [1.54, 1.807) is 12.5 Å². The monoisotopic (exact) mass is 359 g/mol. The maximum atomic E-state index is 5.25. The largest absolute Gasteiger partial charge is 0.467 e. The van der Waals surface area contributed by atoms with Crippen LogP contribution in [0.2, 0.25) is 0 Å². The second-order valence-corrected chi connectivity index (χ2v) is 5.54. The van der Waals surface area contributed by atoms with Gasteiger partial charge in [0.2, 0.25) is 5.95 Å². The molecule has 22 heavy (non-hydrogen) atoms. The van der Waals surface area contributed by atoms with Crippen molar-refractivity contribution >= 4 is 33.4 Å². The van der Waals surface area contributed by atoms with Crippen molar-refractivity contribution in [1.29, 1.82) is 0 Å². The van der Waals surface area contributed by atoms with Gasteiger partial charge in [0.15, 0.2) is 5.82 Å². The van der Waals surface area contributed by atoms with Crippen molar-refractivity contribution in [2.75, 3.05) is 10.6 Å². The van der Waals surface area contributed by atoms with Crippen LogP contribution in [0.15, 0.2) is 51.7 Å². The zero-order valence-corrected chi connectivity index (χ0v) is 13.5. The van der Waals surface area contributed by atoms with Crippen LogP contribution >= 0.6 is 15.9 Å². The Kier molecular flexibility index (Phi) is 4.34. The number of nitrogens with one attached hydrogen (secondary N) is 2. The van der Waals surface area contributed by atoms with Gasteiger partial charge in [-0.2, -0.15) is 10.1 Å². The molecule has 2 N–H and O–H groups in total. The third-order valence-electron chi connectivity index (χ3n) is 3.00. The fraction of sp³-hybridized carbons (Fsp3) is 0.133. The number of anilines is 3. The summed E-state index contributed by atoms with van der Waals surface area (Å²) in [5.41, 5.74) is 2.10. The second kappa shape index (κ2) is 6.57. The highest BCUT2D eigenvalue weighted by Crippen LogP contribution is 2.22. The van der Waals surface area contributed by atoms with E-state index >= 15 is 0 Å². The highest BCUT2D eigenvalue weighted by atomic mass is 79.9. The van der Waals surface area contributed by atoms with Crippen LogP contribution in [-0.4, -0.2) is 15.2 Å². The van der Waals surface area contributed by atoms with Gasteiger partial charge in [0, 0.05) is 10.2 Å². The van der Waals surface area contributed by atoms with Crippen molar-refractivity contribution in [3.8, 4) is 0 Å². The van der Waals surface area contributed by atoms with Crippen LogP contribution in [0.25, 0.3) is 0 Å². The Morgan fingerprint density at radius 3 is 2.95 bits per heavy atom. The fourth-order valence-electron chi connectivity index (χ4n) is 1.84. The van der Waals surface area contributed by atoms with Crippen molar-refractivity contribution in [3.05, 3.63) is 58.6 Å². The van der Waals surface area contributed by atoms with Gasteiger partial charge in [0.25, 0.3) is 0 Å². The Balaban J connectivity index is 1.69. The van der Waals surface area contributed by atoms with Crippen molar-refractivity contribution < 1.29 is 4.42 Å². The fourth-order valence-corrected chi connectivity index (χ4v) is 2.22. The molecule has 3 rings (SSSR count). The second-order valence-electron chi connectivity index (χ2n) is 4.69. The average Bonchev–Trinajstić information content (AvgIpc) is 3.03. The standard InChI is InChI=1S/C15H14BrN5O/c1-10-4-5-11(7-13(10)16)19-14-9-18-21-15(20-14)17-8-12-3-2-6-22-12/h2-7,9H,8H2,1H3,(H2,17,19,20,21). The molecule has 0 bridgehead atoms. The van der Waals surface area contributed by atoms with Crippen LogP contribution in [0.3, 0.4) is 0 Å². The summed E-state index contributed by atoms with van der Waals surface area (Å²) in [6, 6.07) is 9.72. The Morgan fingerprint density at radius 2 is 2.18 bits per heavy atom. The first-order chi connectivity index (χ1) is 10.7. The lowest BCUT2D eigenvalue weighted by Gasteiger charge is -2.08. The Labute approximate surface area is 136 Å². The lowest BCUT2D eigenvalue weighted by molar-refractivity contribution is 0.517. The lowest BCUT2D eigenvalue weighted by atomic mass is 10.2. The zero-order chi connectivity index (χ0) is 15.4. The minimum absolute atomic E-state index is 0.438. The molecule has 6 nitrogen and oxygen atoms in total. The molecule has 0 radical (unpaired) electrons. The predicted octanol–water partition coefficient (Wildman–Crippen LogP) is 3.89. The Hall–Kier alpha value is -2.41. The summed E-state index contributed by atoms with van der Waals surface area (Å²) in [6.07, 6.45) is 3.20. The smallest absolute Gasteiger partial charge is 0.245 e. The SMILES string of the molecule is Cc1ccc(Nc2cnnc(NCc3ccco3)n2)cc1Br. The van der Waals surface area contributed by atoms with Gasteiger partial charge < -0.3 is 15.1 Å². The number of furan rings is 1. The van der Waals surface area contributed by atoms with E-state index in [0.29, 0.717) is 18.3 Å². The molecule has 0 aliphatic heterocycles. The van der Waals surface area contributed by atoms with Gasteiger partial charge in [-0.3, -0.25) is 0 Å². The predicted molar refractivity (Wildman–Crippen MR) is 88.0 cm³/mol. The summed E-state index contributed by atoms with van der Waals surface area (Å²) in [5, 5.41) is 14.2. The van der Waals surface area contributed by atoms with Crippen LogP contribution in [0, 0.1) is 6.92 Å². The van der Waals surface area contributed by atoms with E-state index in [2.05, 4.69) is 41.7 Å². The highest BCUT2D eigenvalue weighted by Gasteiger charge is 2.03. The van der Waals surface area contributed by atoms with Gasteiger partial charge in [-0.15, -0.1) is 5.10 Å². The molecule has 0 saturated carbocycles. The van der Waals surface area contributed by atoms with E-state index < -0.39 is 0 Å². The third kappa shape index (κ3) is 3.62. The summed E-state index contributed by atoms with van der Waals surface area (Å²) in [6.45, 7) is 2.55. The summed E-state index contributed by atoms with van der Waals surface area (Å²) >= 11 is 3.51. The topological polar surface area (TPSA) is 75.9 Å². The molecule has 0 spiro atoms. The van der Waals surface area contributed by atoms with E-state index in [-0.39, 0.29) is 0 Å². The minimum Gasteiger partial charge on any atom is -0.467 e. The molecule has 0 aliphatic rings. The van der Waals surface area contributed by atoms with Crippen LogP contribution in [0.4, 0.5) is 17.5 Å². The lowest BCUT2D eigenvalue weighted by Crippen LogP contribution is -2.05. The Bertz CT molecular complexity index is 760. The normalized spacial score (nSPS) is 10.5. The van der Waals surface area contributed by atoms with Gasteiger partial charge in [-0.05, 0) is 36.8 Å². The molecule has 0 fully saturated rings. The van der Waals surface area contributed by atoms with E-state index in [1.165, 1.54) is 5.56 Å². The molecule has 1 aromatic carbocycles. The summed E-state index contributed by atoms with van der Waals surface area (Å²) in [5.74, 6) is 1.87. The van der Waals surface area contributed by atoms with Gasteiger partial charge in [-0.25, -0.2) is 0 Å². The van der Waals surface area contributed by atoms with Crippen LogP contribution in [0.5, 0.6) is 0 Å². The third-order valence-corrected chi connectivity index (χ3v) is 3.86. The highest BCUT2D eigenvalue weighted by molar-refractivity contribution is 9.10. The number of aromatic nitrogens is 3. The summed E-state index contributed by atoms with van der Waals surface area (Å²) < 4.78 is 6.28. The maximum absolute atomic E-state index is 5.25. The zero-order valence-electron chi connectivity index (χ0n) is 11.9. The number of nitrogens with zero attached hydrogens (tertiary/aromatic N) is 3. The molecule has 0 unspecified atom stereocenters. The quantitative estimate of drug-likeness (QED) is 0.719. The first-order valence-electron chi connectivity index (χ1n) is 6.70. The molecule has 0 atom stereocenters. The molecule has 0 amide bonds. The van der Waals surface area contributed by atoms with E-state index in [1.807, 2.05) is 37.3 Å². The van der Waals surface area contributed by atoms with Gasteiger partial charge in [0.05, 0.1) is 19.0 Å². The average molecular weight is 360 g/mol. The maximum Gasteiger partial charge on any atom is 0.245 e.